The van der Waals surface area contributed by atoms with Gasteiger partial charge in [-0.25, -0.2) is 9.97 Å². The number of piperidine rings is 1. The Kier molecular flexibility index (Phi) is 3.94. The molecule has 0 unspecified atom stereocenters. The minimum atomic E-state index is 0.357. The van der Waals surface area contributed by atoms with Crippen molar-refractivity contribution in [2.24, 2.45) is 5.73 Å². The van der Waals surface area contributed by atoms with Gasteiger partial charge in [-0.1, -0.05) is 13.8 Å². The summed E-state index contributed by atoms with van der Waals surface area (Å²) in [5.74, 6) is 1.25. The highest BCUT2D eigenvalue weighted by molar-refractivity contribution is 5.49. The lowest BCUT2D eigenvalue weighted by atomic mass is 10.1. The van der Waals surface area contributed by atoms with Crippen LogP contribution in [0.3, 0.4) is 0 Å². The number of rotatable bonds is 3. The van der Waals surface area contributed by atoms with Crippen LogP contribution in [-0.4, -0.2) is 23.1 Å². The van der Waals surface area contributed by atoms with Crippen molar-refractivity contribution in [1.82, 2.24) is 9.97 Å². The Labute approximate surface area is 103 Å². The van der Waals surface area contributed by atoms with Crippen molar-refractivity contribution in [2.45, 2.75) is 45.6 Å². The van der Waals surface area contributed by atoms with Gasteiger partial charge in [-0.05, 0) is 19.3 Å². The molecule has 94 valence electrons. The summed E-state index contributed by atoms with van der Waals surface area (Å²) in [6.45, 7) is 6.93. The first kappa shape index (κ1) is 12.3. The van der Waals surface area contributed by atoms with E-state index in [1.165, 1.54) is 19.3 Å². The van der Waals surface area contributed by atoms with Crippen LogP contribution in [-0.2, 0) is 6.54 Å². The van der Waals surface area contributed by atoms with E-state index in [1.807, 2.05) is 6.20 Å². The number of hydrogen-bond donors (Lipinski definition) is 1. The maximum atomic E-state index is 5.81. The quantitative estimate of drug-likeness (QED) is 0.869. The molecule has 0 saturated carbocycles. The molecule has 2 N–H and O–H groups in total. The molecule has 2 rings (SSSR count). The van der Waals surface area contributed by atoms with Gasteiger partial charge in [0.25, 0.3) is 0 Å². The molecule has 1 aliphatic heterocycles. The molecular weight excluding hydrogens is 212 g/mol. The third kappa shape index (κ3) is 2.75. The highest BCUT2D eigenvalue weighted by Gasteiger charge is 2.16. The van der Waals surface area contributed by atoms with Crippen molar-refractivity contribution in [1.29, 1.82) is 0 Å². The minimum absolute atomic E-state index is 0.357. The number of anilines is 1. The summed E-state index contributed by atoms with van der Waals surface area (Å²) in [4.78, 5) is 11.4. The zero-order chi connectivity index (χ0) is 12.3. The fourth-order valence-corrected chi connectivity index (χ4v) is 2.25. The van der Waals surface area contributed by atoms with Crippen LogP contribution in [0.2, 0.25) is 0 Å². The molecule has 2 heterocycles. The minimum Gasteiger partial charge on any atom is -0.369 e. The first-order valence-electron chi connectivity index (χ1n) is 6.53. The van der Waals surface area contributed by atoms with Crippen LogP contribution in [0.1, 0.15) is 50.5 Å². The monoisotopic (exact) mass is 234 g/mol. The van der Waals surface area contributed by atoms with Crippen LogP contribution in [0.4, 0.5) is 5.69 Å². The molecule has 1 aromatic rings. The maximum absolute atomic E-state index is 5.81. The molecule has 0 aromatic carbocycles. The summed E-state index contributed by atoms with van der Waals surface area (Å²) >= 11 is 0. The molecule has 1 fully saturated rings. The molecule has 1 aliphatic rings. The molecule has 17 heavy (non-hydrogen) atoms. The second-order valence-electron chi connectivity index (χ2n) is 4.97. The van der Waals surface area contributed by atoms with Crippen LogP contribution in [0.25, 0.3) is 0 Å². The van der Waals surface area contributed by atoms with Crippen molar-refractivity contribution < 1.29 is 0 Å². The van der Waals surface area contributed by atoms with Gasteiger partial charge in [0.1, 0.15) is 5.82 Å². The van der Waals surface area contributed by atoms with Crippen molar-refractivity contribution in [2.75, 3.05) is 18.0 Å². The van der Waals surface area contributed by atoms with Crippen molar-refractivity contribution in [3.05, 3.63) is 17.7 Å². The second-order valence-corrected chi connectivity index (χ2v) is 4.97. The SMILES string of the molecule is CC(C)c1ncc(N2CCCCC2)c(CN)n1. The third-order valence-electron chi connectivity index (χ3n) is 3.27. The van der Waals surface area contributed by atoms with Gasteiger partial charge in [0.2, 0.25) is 0 Å². The Morgan fingerprint density at radius 1 is 1.29 bits per heavy atom. The van der Waals surface area contributed by atoms with Crippen LogP contribution >= 0.6 is 0 Å². The van der Waals surface area contributed by atoms with Crippen molar-refractivity contribution in [3.63, 3.8) is 0 Å². The molecule has 0 spiro atoms. The molecule has 1 aromatic heterocycles. The summed E-state index contributed by atoms with van der Waals surface area (Å²) in [6, 6.07) is 0. The summed E-state index contributed by atoms with van der Waals surface area (Å²) in [7, 11) is 0. The normalized spacial score (nSPS) is 16.6. The lowest BCUT2D eigenvalue weighted by molar-refractivity contribution is 0.573. The average Bonchev–Trinajstić information content (AvgIpc) is 2.39. The van der Waals surface area contributed by atoms with Crippen LogP contribution in [0.15, 0.2) is 6.20 Å². The fraction of sp³-hybridized carbons (Fsp3) is 0.692. The molecular formula is C13H22N4. The first-order chi connectivity index (χ1) is 8.22. The molecule has 0 aliphatic carbocycles. The predicted molar refractivity (Wildman–Crippen MR) is 70.1 cm³/mol. The lowest BCUT2D eigenvalue weighted by Gasteiger charge is -2.29. The van der Waals surface area contributed by atoms with Crippen LogP contribution in [0.5, 0.6) is 0 Å². The smallest absolute Gasteiger partial charge is 0.131 e. The van der Waals surface area contributed by atoms with Crippen LogP contribution in [0, 0.1) is 0 Å². The summed E-state index contributed by atoms with van der Waals surface area (Å²) in [6.07, 6.45) is 5.81. The van der Waals surface area contributed by atoms with E-state index in [0.717, 1.165) is 30.3 Å². The van der Waals surface area contributed by atoms with E-state index in [0.29, 0.717) is 12.5 Å². The van der Waals surface area contributed by atoms with E-state index >= 15 is 0 Å². The van der Waals surface area contributed by atoms with Gasteiger partial charge in [0, 0.05) is 25.6 Å². The van der Waals surface area contributed by atoms with Gasteiger partial charge in [0.05, 0.1) is 17.6 Å². The zero-order valence-electron chi connectivity index (χ0n) is 10.8. The number of aromatic nitrogens is 2. The Bertz CT molecular complexity index is 370. The highest BCUT2D eigenvalue weighted by atomic mass is 15.2. The largest absolute Gasteiger partial charge is 0.369 e. The Morgan fingerprint density at radius 2 is 2.00 bits per heavy atom. The first-order valence-corrected chi connectivity index (χ1v) is 6.53. The molecule has 0 atom stereocenters. The van der Waals surface area contributed by atoms with E-state index < -0.39 is 0 Å². The summed E-state index contributed by atoms with van der Waals surface area (Å²) in [5, 5.41) is 0. The van der Waals surface area contributed by atoms with E-state index in [-0.39, 0.29) is 0 Å². The van der Waals surface area contributed by atoms with Gasteiger partial charge in [-0.15, -0.1) is 0 Å². The molecule has 1 saturated heterocycles. The molecule has 0 radical (unpaired) electrons. The van der Waals surface area contributed by atoms with Gasteiger partial charge < -0.3 is 10.6 Å². The van der Waals surface area contributed by atoms with Gasteiger partial charge in [-0.3, -0.25) is 0 Å². The average molecular weight is 234 g/mol. The molecule has 0 amide bonds. The Hall–Kier alpha value is -1.16. The Balaban J connectivity index is 2.26. The number of nitrogens with zero attached hydrogens (tertiary/aromatic N) is 3. The zero-order valence-corrected chi connectivity index (χ0v) is 10.8. The standard InChI is InChI=1S/C13H22N4/c1-10(2)13-15-9-12(11(8-14)16-13)17-6-4-3-5-7-17/h9-10H,3-8,14H2,1-2H3. The fourth-order valence-electron chi connectivity index (χ4n) is 2.25. The number of nitrogens with two attached hydrogens (primary N) is 1. The van der Waals surface area contributed by atoms with Crippen molar-refractivity contribution >= 4 is 5.69 Å². The van der Waals surface area contributed by atoms with Gasteiger partial charge >= 0.3 is 0 Å². The van der Waals surface area contributed by atoms with Gasteiger partial charge in [0.15, 0.2) is 0 Å². The number of hydrogen-bond acceptors (Lipinski definition) is 4. The summed E-state index contributed by atoms with van der Waals surface area (Å²) < 4.78 is 0. The molecule has 0 bridgehead atoms. The van der Waals surface area contributed by atoms with E-state index in [1.54, 1.807) is 0 Å². The van der Waals surface area contributed by atoms with Gasteiger partial charge in [-0.2, -0.15) is 0 Å². The van der Waals surface area contributed by atoms with Crippen molar-refractivity contribution in [3.8, 4) is 0 Å². The molecule has 4 nitrogen and oxygen atoms in total. The molecule has 4 heteroatoms. The Morgan fingerprint density at radius 3 is 2.59 bits per heavy atom. The predicted octanol–water partition coefficient (Wildman–Crippen LogP) is 2.05. The topological polar surface area (TPSA) is 55.0 Å². The van der Waals surface area contributed by atoms with E-state index in [2.05, 4.69) is 28.7 Å². The van der Waals surface area contributed by atoms with E-state index in [9.17, 15) is 0 Å². The highest BCUT2D eigenvalue weighted by Crippen LogP contribution is 2.23. The second kappa shape index (κ2) is 5.45. The summed E-state index contributed by atoms with van der Waals surface area (Å²) in [5.41, 5.74) is 7.94. The third-order valence-corrected chi connectivity index (χ3v) is 3.27. The van der Waals surface area contributed by atoms with E-state index in [4.69, 9.17) is 5.73 Å². The maximum Gasteiger partial charge on any atom is 0.131 e. The lowest BCUT2D eigenvalue weighted by Crippen LogP contribution is -2.31. The van der Waals surface area contributed by atoms with Crippen LogP contribution < -0.4 is 10.6 Å².